The highest BCUT2D eigenvalue weighted by molar-refractivity contribution is 6.05. The smallest absolute Gasteiger partial charge is 0.261 e. The van der Waals surface area contributed by atoms with Crippen molar-refractivity contribution >= 4 is 39.7 Å². The third kappa shape index (κ3) is 4.32. The van der Waals surface area contributed by atoms with E-state index in [4.69, 9.17) is 9.47 Å². The van der Waals surface area contributed by atoms with Gasteiger partial charge in [0.05, 0.1) is 18.2 Å². The third-order valence-electron chi connectivity index (χ3n) is 5.52. The zero-order chi connectivity index (χ0) is 24.4. The number of hydrogen-bond donors (Lipinski definition) is 2. The van der Waals surface area contributed by atoms with Crippen LogP contribution in [-0.4, -0.2) is 29.3 Å². The molecule has 0 fully saturated rings. The van der Waals surface area contributed by atoms with Crippen LogP contribution in [0.5, 0.6) is 17.2 Å². The highest BCUT2D eigenvalue weighted by atomic mass is 16.5. The molecule has 0 aliphatic heterocycles. The number of para-hydroxylation sites is 1. The fourth-order valence-corrected chi connectivity index (χ4v) is 3.77. The van der Waals surface area contributed by atoms with E-state index in [2.05, 4.69) is 15.3 Å². The molecule has 0 bridgehead atoms. The average molecular weight is 465 g/mol. The molecule has 0 saturated heterocycles. The molecule has 35 heavy (non-hydrogen) atoms. The molecule has 0 saturated carbocycles. The Hall–Kier alpha value is -4.98. The van der Waals surface area contributed by atoms with Crippen molar-refractivity contribution in [3.63, 3.8) is 0 Å². The number of H-pyrrole nitrogens is 1. The molecule has 2 N–H and O–H groups in total. The number of carbonyl (C=O) groups excluding carboxylic acids is 2. The second-order valence-corrected chi connectivity index (χ2v) is 7.72. The van der Waals surface area contributed by atoms with E-state index < -0.39 is 11.5 Å². The van der Waals surface area contributed by atoms with E-state index in [9.17, 15) is 14.4 Å². The number of pyridine rings is 2. The van der Waals surface area contributed by atoms with Gasteiger partial charge in [-0.05, 0) is 60.0 Å². The van der Waals surface area contributed by atoms with Crippen LogP contribution >= 0.6 is 0 Å². The minimum atomic E-state index is -0.510. The minimum absolute atomic E-state index is 0.0240. The Morgan fingerprint density at radius 3 is 2.57 bits per heavy atom. The van der Waals surface area contributed by atoms with Crippen LogP contribution in [0.2, 0.25) is 0 Å². The summed E-state index contributed by atoms with van der Waals surface area (Å²) < 4.78 is 11.3. The number of anilines is 1. The Balaban J connectivity index is 1.37. The van der Waals surface area contributed by atoms with Gasteiger partial charge in [-0.3, -0.25) is 19.4 Å². The minimum Gasteiger partial charge on any atom is -0.496 e. The molecule has 5 rings (SSSR count). The zero-order valence-electron chi connectivity index (χ0n) is 18.6. The molecule has 0 aliphatic rings. The maximum atomic E-state index is 12.7. The van der Waals surface area contributed by atoms with Crippen molar-refractivity contribution in [1.29, 1.82) is 0 Å². The van der Waals surface area contributed by atoms with Crippen molar-refractivity contribution in [3.05, 3.63) is 100 Å². The number of aromatic amines is 1. The molecular weight excluding hydrogens is 446 g/mol. The Morgan fingerprint density at radius 1 is 1.00 bits per heavy atom. The Kier molecular flexibility index (Phi) is 5.68. The van der Waals surface area contributed by atoms with Gasteiger partial charge in [0.1, 0.15) is 22.8 Å². The fraction of sp³-hybridized carbons (Fsp3) is 0.0370. The summed E-state index contributed by atoms with van der Waals surface area (Å²) in [5.74, 6) is 0.971. The predicted octanol–water partition coefficient (Wildman–Crippen LogP) is 4.94. The molecule has 0 atom stereocenters. The number of benzene rings is 3. The van der Waals surface area contributed by atoms with Gasteiger partial charge in [-0.25, -0.2) is 0 Å². The number of methoxy groups -OCH3 is 1. The topological polar surface area (TPSA) is 110 Å². The lowest BCUT2D eigenvalue weighted by atomic mass is 10.1. The molecule has 1 amide bonds. The quantitative estimate of drug-likeness (QED) is 0.344. The monoisotopic (exact) mass is 465 g/mol. The zero-order valence-corrected chi connectivity index (χ0v) is 18.6. The summed E-state index contributed by atoms with van der Waals surface area (Å²) >= 11 is 0. The van der Waals surface area contributed by atoms with Gasteiger partial charge >= 0.3 is 0 Å². The fourth-order valence-electron chi connectivity index (χ4n) is 3.77. The Labute approximate surface area is 199 Å². The first-order valence-electron chi connectivity index (χ1n) is 10.7. The van der Waals surface area contributed by atoms with Crippen molar-refractivity contribution in [1.82, 2.24) is 9.97 Å². The van der Waals surface area contributed by atoms with Gasteiger partial charge in [-0.15, -0.1) is 0 Å². The normalized spacial score (nSPS) is 10.8. The van der Waals surface area contributed by atoms with Gasteiger partial charge in [0.2, 0.25) is 0 Å². The summed E-state index contributed by atoms with van der Waals surface area (Å²) in [6.07, 6.45) is 2.31. The highest BCUT2D eigenvalue weighted by Crippen LogP contribution is 2.33. The summed E-state index contributed by atoms with van der Waals surface area (Å²) in [7, 11) is 1.49. The number of hydrogen-bond acceptors (Lipinski definition) is 6. The predicted molar refractivity (Wildman–Crippen MR) is 133 cm³/mol. The van der Waals surface area contributed by atoms with Crippen LogP contribution in [0.4, 0.5) is 5.69 Å². The van der Waals surface area contributed by atoms with Crippen molar-refractivity contribution in [2.45, 2.75) is 0 Å². The molecule has 5 aromatic rings. The molecule has 0 aliphatic carbocycles. The number of nitrogens with one attached hydrogen (secondary N) is 2. The van der Waals surface area contributed by atoms with E-state index in [1.54, 1.807) is 60.8 Å². The first kappa shape index (κ1) is 21.8. The van der Waals surface area contributed by atoms with Crippen LogP contribution in [0.25, 0.3) is 21.8 Å². The standard InChI is InChI=1S/C27H19N3O5/c1-34-25-14-20-23(13-17(25)15-31)28-11-10-24(20)35-19-8-6-18(7-9-19)29-26(32)21-12-16-4-2-3-5-22(16)30-27(21)33/h2-15H,1H3,(H,29,32)(H,30,33). The van der Waals surface area contributed by atoms with E-state index in [1.807, 2.05) is 18.2 Å². The van der Waals surface area contributed by atoms with Crippen LogP contribution in [0.3, 0.4) is 0 Å². The first-order valence-corrected chi connectivity index (χ1v) is 10.7. The number of amides is 1. The number of rotatable bonds is 6. The van der Waals surface area contributed by atoms with Crippen LogP contribution in [0, 0.1) is 0 Å². The molecule has 0 spiro atoms. The van der Waals surface area contributed by atoms with Gasteiger partial charge in [0.15, 0.2) is 6.29 Å². The lowest BCUT2D eigenvalue weighted by Gasteiger charge is -2.12. The lowest BCUT2D eigenvalue weighted by Crippen LogP contribution is -2.22. The van der Waals surface area contributed by atoms with E-state index in [1.165, 1.54) is 7.11 Å². The average Bonchev–Trinajstić information content (AvgIpc) is 2.88. The van der Waals surface area contributed by atoms with Gasteiger partial charge in [-0.1, -0.05) is 18.2 Å². The summed E-state index contributed by atoms with van der Waals surface area (Å²) in [4.78, 5) is 43.4. The van der Waals surface area contributed by atoms with Crippen LogP contribution < -0.4 is 20.3 Å². The van der Waals surface area contributed by atoms with Crippen molar-refractivity contribution < 1.29 is 19.1 Å². The van der Waals surface area contributed by atoms with Crippen LogP contribution in [-0.2, 0) is 0 Å². The maximum Gasteiger partial charge on any atom is 0.261 e. The van der Waals surface area contributed by atoms with Crippen molar-refractivity contribution in [2.75, 3.05) is 12.4 Å². The number of carbonyl (C=O) groups is 2. The summed E-state index contributed by atoms with van der Waals surface area (Å²) in [5.41, 5.74) is 1.73. The lowest BCUT2D eigenvalue weighted by molar-refractivity contribution is 0.102. The van der Waals surface area contributed by atoms with Gasteiger partial charge < -0.3 is 19.8 Å². The SMILES string of the molecule is COc1cc2c(Oc3ccc(NC(=O)c4cc5ccccc5[nH]c4=O)cc3)ccnc2cc1C=O. The number of fused-ring (bicyclic) bond motifs is 2. The number of aldehydes is 1. The largest absolute Gasteiger partial charge is 0.496 e. The maximum absolute atomic E-state index is 12.7. The molecule has 0 unspecified atom stereocenters. The van der Waals surface area contributed by atoms with Crippen molar-refractivity contribution in [3.8, 4) is 17.2 Å². The van der Waals surface area contributed by atoms with Crippen LogP contribution in [0.15, 0.2) is 83.8 Å². The summed E-state index contributed by atoms with van der Waals surface area (Å²) in [5, 5.41) is 4.19. The van der Waals surface area contributed by atoms with Gasteiger partial charge in [0, 0.05) is 22.8 Å². The molecule has 8 nitrogen and oxygen atoms in total. The molecule has 0 radical (unpaired) electrons. The number of nitrogens with zero attached hydrogens (tertiary/aromatic N) is 1. The third-order valence-corrected chi connectivity index (χ3v) is 5.52. The van der Waals surface area contributed by atoms with E-state index >= 15 is 0 Å². The van der Waals surface area contributed by atoms with E-state index in [0.717, 1.165) is 5.39 Å². The molecular formula is C27H19N3O5. The molecule has 172 valence electrons. The van der Waals surface area contributed by atoms with E-state index in [-0.39, 0.29) is 5.56 Å². The molecule has 2 aromatic heterocycles. The summed E-state index contributed by atoms with van der Waals surface area (Å²) in [6, 6.07) is 20.6. The Bertz CT molecular complexity index is 1640. The summed E-state index contributed by atoms with van der Waals surface area (Å²) in [6.45, 7) is 0. The second kappa shape index (κ2) is 9.11. The van der Waals surface area contributed by atoms with Crippen molar-refractivity contribution in [2.24, 2.45) is 0 Å². The molecule has 3 aromatic carbocycles. The van der Waals surface area contributed by atoms with Gasteiger partial charge in [0.25, 0.3) is 11.5 Å². The van der Waals surface area contributed by atoms with Gasteiger partial charge in [-0.2, -0.15) is 0 Å². The molecule has 8 heteroatoms. The van der Waals surface area contributed by atoms with E-state index in [0.29, 0.717) is 51.2 Å². The van der Waals surface area contributed by atoms with Crippen LogP contribution in [0.1, 0.15) is 20.7 Å². The number of aromatic nitrogens is 2. The second-order valence-electron chi connectivity index (χ2n) is 7.72. The highest BCUT2D eigenvalue weighted by Gasteiger charge is 2.13. The molecule has 2 heterocycles. The Morgan fingerprint density at radius 2 is 1.80 bits per heavy atom. The number of ether oxygens (including phenoxy) is 2. The first-order chi connectivity index (χ1) is 17.1.